The number of rotatable bonds is 6. The fourth-order valence-electron chi connectivity index (χ4n) is 1.61. The lowest BCUT2D eigenvalue weighted by Crippen LogP contribution is -2.00. The predicted octanol–water partition coefficient (Wildman–Crippen LogP) is 5.96. The minimum Gasteiger partial charge on any atom is -0.494 e. The van der Waals surface area contributed by atoms with Gasteiger partial charge in [-0.2, -0.15) is 0 Å². The van der Waals surface area contributed by atoms with Crippen molar-refractivity contribution in [3.63, 3.8) is 0 Å². The fourth-order valence-corrected chi connectivity index (χ4v) is 2.56. The van der Waals surface area contributed by atoms with Gasteiger partial charge in [-0.1, -0.05) is 36.5 Å². The molecule has 0 saturated heterocycles. The summed E-state index contributed by atoms with van der Waals surface area (Å²) in [6.07, 6.45) is 3.61. The molecule has 0 radical (unpaired) electrons. The second-order valence-electron chi connectivity index (χ2n) is 3.74. The molecule has 0 fully saturated rings. The summed E-state index contributed by atoms with van der Waals surface area (Å²) in [5, 5.41) is 0.970. The minimum absolute atomic E-state index is 0.418. The first kappa shape index (κ1) is 17.2. The summed E-state index contributed by atoms with van der Waals surface area (Å²) in [5.74, 6) is 1.19. The number of methoxy groups -OCH3 is 1. The minimum atomic E-state index is 0.418. The normalized spacial score (nSPS) is 10.2. The largest absolute Gasteiger partial charge is 0.494 e. The Kier molecular flexibility index (Phi) is 7.58. The van der Waals surface area contributed by atoms with Crippen molar-refractivity contribution in [2.75, 3.05) is 13.7 Å². The zero-order valence-corrected chi connectivity index (χ0v) is 15.3. The van der Waals surface area contributed by atoms with Crippen LogP contribution in [0.1, 0.15) is 18.9 Å². The Balaban J connectivity index is 3.11. The first-order chi connectivity index (χ1) is 9.01. The number of benzene rings is 1. The van der Waals surface area contributed by atoms with Crippen LogP contribution in [0, 0.1) is 0 Å². The molecule has 1 aromatic carbocycles. The maximum Gasteiger partial charge on any atom is 0.156 e. The van der Waals surface area contributed by atoms with Crippen molar-refractivity contribution in [1.29, 1.82) is 0 Å². The van der Waals surface area contributed by atoms with Crippen LogP contribution in [0.4, 0.5) is 0 Å². The molecule has 0 aliphatic rings. The molecular weight excluding hydrogens is 419 g/mol. The van der Waals surface area contributed by atoms with Crippen molar-refractivity contribution in [1.82, 2.24) is 0 Å². The highest BCUT2D eigenvalue weighted by atomic mass is 79.9. The van der Waals surface area contributed by atoms with Crippen LogP contribution in [-0.4, -0.2) is 13.7 Å². The number of ether oxygens (including phenoxy) is 2. The summed E-state index contributed by atoms with van der Waals surface area (Å²) in [4.78, 5) is 0. The third-order valence-corrected chi connectivity index (χ3v) is 3.75. The molecule has 0 aliphatic heterocycles. The summed E-state index contributed by atoms with van der Waals surface area (Å²) in [6, 6.07) is 1.74. The van der Waals surface area contributed by atoms with Gasteiger partial charge in [-0.25, -0.2) is 0 Å². The molecule has 1 rings (SSSR count). The van der Waals surface area contributed by atoms with Crippen LogP contribution in [0.15, 0.2) is 15.5 Å². The van der Waals surface area contributed by atoms with E-state index in [4.69, 9.17) is 32.7 Å². The highest BCUT2D eigenvalue weighted by Crippen LogP contribution is 2.41. The van der Waals surface area contributed by atoms with E-state index in [2.05, 4.69) is 38.8 Å². The standard InChI is InChI=1S/C13H14Br2Cl2O2/c1-3-4-8-10(19-6-5-11(14)15)7-9(16)13(18-2)12(8)17/h5,7H,3-4,6H2,1-2H3. The lowest BCUT2D eigenvalue weighted by molar-refractivity contribution is 0.356. The molecule has 0 heterocycles. The van der Waals surface area contributed by atoms with Crippen LogP contribution >= 0.6 is 55.1 Å². The lowest BCUT2D eigenvalue weighted by Gasteiger charge is -2.15. The summed E-state index contributed by atoms with van der Waals surface area (Å²) in [7, 11) is 1.55. The first-order valence-corrected chi connectivity index (χ1v) is 8.04. The quantitative estimate of drug-likeness (QED) is 0.551. The molecule has 0 aliphatic carbocycles. The van der Waals surface area contributed by atoms with Crippen molar-refractivity contribution in [3.8, 4) is 11.5 Å². The van der Waals surface area contributed by atoms with E-state index in [1.54, 1.807) is 13.2 Å². The second-order valence-corrected chi connectivity index (χ2v) is 7.30. The van der Waals surface area contributed by atoms with E-state index in [1.165, 1.54) is 0 Å². The summed E-state index contributed by atoms with van der Waals surface area (Å²) < 4.78 is 11.8. The van der Waals surface area contributed by atoms with Crippen molar-refractivity contribution in [3.05, 3.63) is 31.1 Å². The number of hydrogen-bond donors (Lipinski definition) is 0. The SMILES string of the molecule is CCCc1c(OCC=C(Br)Br)cc(Cl)c(OC)c1Cl. The van der Waals surface area contributed by atoms with Gasteiger partial charge in [-0.3, -0.25) is 0 Å². The van der Waals surface area contributed by atoms with E-state index < -0.39 is 0 Å². The van der Waals surface area contributed by atoms with Gasteiger partial charge in [0.15, 0.2) is 5.75 Å². The third-order valence-electron chi connectivity index (χ3n) is 2.42. The van der Waals surface area contributed by atoms with Crippen LogP contribution in [0.2, 0.25) is 10.0 Å². The monoisotopic (exact) mass is 430 g/mol. The molecule has 106 valence electrons. The van der Waals surface area contributed by atoms with Gasteiger partial charge in [0.25, 0.3) is 0 Å². The third kappa shape index (κ3) is 4.85. The fraction of sp³-hybridized carbons (Fsp3) is 0.385. The van der Waals surface area contributed by atoms with Crippen molar-refractivity contribution in [2.45, 2.75) is 19.8 Å². The smallest absolute Gasteiger partial charge is 0.156 e. The van der Waals surface area contributed by atoms with E-state index in [0.717, 1.165) is 21.8 Å². The average Bonchev–Trinajstić information content (AvgIpc) is 2.34. The zero-order valence-electron chi connectivity index (χ0n) is 10.6. The van der Waals surface area contributed by atoms with Gasteiger partial charge in [0.05, 0.1) is 20.5 Å². The highest BCUT2D eigenvalue weighted by Gasteiger charge is 2.17. The van der Waals surface area contributed by atoms with Gasteiger partial charge in [0, 0.05) is 11.6 Å². The molecule has 0 unspecified atom stereocenters. The van der Waals surface area contributed by atoms with E-state index in [0.29, 0.717) is 28.2 Å². The molecule has 2 nitrogen and oxygen atoms in total. The number of hydrogen-bond acceptors (Lipinski definition) is 2. The Morgan fingerprint density at radius 2 is 2.05 bits per heavy atom. The highest BCUT2D eigenvalue weighted by molar-refractivity contribution is 9.28. The molecule has 0 bridgehead atoms. The van der Waals surface area contributed by atoms with Crippen LogP contribution in [-0.2, 0) is 6.42 Å². The van der Waals surface area contributed by atoms with Gasteiger partial charge < -0.3 is 9.47 Å². The Morgan fingerprint density at radius 1 is 1.37 bits per heavy atom. The Morgan fingerprint density at radius 3 is 2.58 bits per heavy atom. The van der Waals surface area contributed by atoms with E-state index >= 15 is 0 Å². The maximum absolute atomic E-state index is 6.32. The van der Waals surface area contributed by atoms with Crippen LogP contribution in [0.3, 0.4) is 0 Å². The van der Waals surface area contributed by atoms with Gasteiger partial charge >= 0.3 is 0 Å². The van der Waals surface area contributed by atoms with Crippen LogP contribution in [0.25, 0.3) is 0 Å². The molecule has 0 atom stereocenters. The Labute approximate surface area is 140 Å². The van der Waals surface area contributed by atoms with Gasteiger partial charge in [0.1, 0.15) is 12.4 Å². The van der Waals surface area contributed by atoms with Crippen molar-refractivity contribution in [2.24, 2.45) is 0 Å². The molecule has 0 saturated carbocycles. The first-order valence-electron chi connectivity index (χ1n) is 5.70. The van der Waals surface area contributed by atoms with Crippen molar-refractivity contribution < 1.29 is 9.47 Å². The second kappa shape index (κ2) is 8.40. The topological polar surface area (TPSA) is 18.5 Å². The Hall–Kier alpha value is 0.1000. The van der Waals surface area contributed by atoms with E-state index in [9.17, 15) is 0 Å². The molecule has 1 aromatic rings. The summed E-state index contributed by atoms with van der Waals surface area (Å²) >= 11 is 19.0. The van der Waals surface area contributed by atoms with Crippen molar-refractivity contribution >= 4 is 55.1 Å². The molecule has 0 N–H and O–H groups in total. The Bertz CT molecular complexity index is 472. The summed E-state index contributed by atoms with van der Waals surface area (Å²) in [6.45, 7) is 2.50. The van der Waals surface area contributed by atoms with Crippen LogP contribution in [0.5, 0.6) is 11.5 Å². The molecule has 0 spiro atoms. The molecule has 6 heteroatoms. The predicted molar refractivity (Wildman–Crippen MR) is 88.4 cm³/mol. The lowest BCUT2D eigenvalue weighted by atomic mass is 10.1. The molecule has 19 heavy (non-hydrogen) atoms. The molecular formula is C13H14Br2Cl2O2. The molecule has 0 amide bonds. The van der Waals surface area contributed by atoms with Gasteiger partial charge in [-0.05, 0) is 44.4 Å². The van der Waals surface area contributed by atoms with E-state index in [-0.39, 0.29) is 0 Å². The van der Waals surface area contributed by atoms with E-state index in [1.807, 2.05) is 6.08 Å². The van der Waals surface area contributed by atoms with Crippen LogP contribution < -0.4 is 9.47 Å². The average molecular weight is 433 g/mol. The molecule has 0 aromatic heterocycles. The zero-order chi connectivity index (χ0) is 14.4. The van der Waals surface area contributed by atoms with Gasteiger partial charge in [0.2, 0.25) is 0 Å². The van der Waals surface area contributed by atoms with Gasteiger partial charge in [-0.15, -0.1) is 0 Å². The maximum atomic E-state index is 6.32. The summed E-state index contributed by atoms with van der Waals surface area (Å²) in [5.41, 5.74) is 0.921. The number of halogens is 4.